The standard InChI is InChI=1S/C32H8F12N4/c1-47-30(48-2)17-8-16-25(23(17)12-5-20(35)29(38)21(36)6-12)26(31(39,40)41)15-7-14(13(9-45)10-46)22(24(15)27(16)32(42,43)44)11-3-18(33)28(37)19(34)4-11/h3-6H,7-8H2. The summed E-state index contributed by atoms with van der Waals surface area (Å²) >= 11 is 0. The van der Waals surface area contributed by atoms with Gasteiger partial charge in [0, 0.05) is 6.42 Å². The van der Waals surface area contributed by atoms with E-state index in [1.54, 1.807) is 0 Å². The first kappa shape index (κ1) is 33.4. The minimum atomic E-state index is -5.67. The molecule has 0 heterocycles. The van der Waals surface area contributed by atoms with E-state index in [0.29, 0.717) is 0 Å². The Hall–Kier alpha value is -6.00. The minimum absolute atomic E-state index is 0.152. The molecule has 0 fully saturated rings. The number of nitrogens with zero attached hydrogens (tertiary/aromatic N) is 4. The van der Waals surface area contributed by atoms with Gasteiger partial charge in [-0.1, -0.05) is 0 Å². The highest BCUT2D eigenvalue weighted by Crippen LogP contribution is 2.45. The average molecular weight is 676 g/mol. The summed E-state index contributed by atoms with van der Waals surface area (Å²) in [5, 5.41) is 16.3. The highest BCUT2D eigenvalue weighted by atomic mass is 19.4. The van der Waals surface area contributed by atoms with Gasteiger partial charge >= 0.3 is 18.2 Å². The van der Waals surface area contributed by atoms with Crippen LogP contribution in [0.5, 0.6) is 0 Å². The van der Waals surface area contributed by atoms with E-state index in [2.05, 4.69) is 9.69 Å². The molecule has 0 unspecified atom stereocenters. The van der Waals surface area contributed by atoms with Crippen molar-refractivity contribution >= 4 is 11.1 Å². The van der Waals surface area contributed by atoms with E-state index in [9.17, 15) is 36.9 Å². The van der Waals surface area contributed by atoms with Gasteiger partial charge in [0.05, 0.1) is 16.7 Å². The molecule has 0 N–H and O–H groups in total. The molecule has 16 heteroatoms. The Kier molecular flexibility index (Phi) is 7.89. The maximum atomic E-state index is 15.2. The molecule has 5 rings (SSSR count). The highest BCUT2D eigenvalue weighted by Gasteiger charge is 2.48. The molecule has 240 valence electrons. The van der Waals surface area contributed by atoms with E-state index in [-0.39, 0.29) is 24.3 Å². The number of hydrogen-bond donors (Lipinski definition) is 0. The van der Waals surface area contributed by atoms with Crippen molar-refractivity contribution in [2.45, 2.75) is 25.2 Å². The average Bonchev–Trinajstić information content (AvgIpc) is 3.55. The lowest BCUT2D eigenvalue weighted by Gasteiger charge is -2.19. The van der Waals surface area contributed by atoms with Crippen LogP contribution >= 0.6 is 0 Å². The molecule has 0 saturated carbocycles. The number of hydrogen-bond acceptors (Lipinski definition) is 2. The second-order valence-electron chi connectivity index (χ2n) is 10.2. The Bertz CT molecular complexity index is 2120. The quantitative estimate of drug-likeness (QED) is 0.123. The van der Waals surface area contributed by atoms with Crippen LogP contribution in [0, 0.1) is 70.7 Å². The van der Waals surface area contributed by atoms with E-state index >= 15 is 26.3 Å². The first-order valence-electron chi connectivity index (χ1n) is 12.8. The van der Waals surface area contributed by atoms with Gasteiger partial charge in [0.15, 0.2) is 34.9 Å². The van der Waals surface area contributed by atoms with Crippen molar-refractivity contribution in [2.24, 2.45) is 0 Å². The number of halogens is 12. The van der Waals surface area contributed by atoms with E-state index in [1.807, 2.05) is 0 Å². The first-order chi connectivity index (χ1) is 22.4. The van der Waals surface area contributed by atoms with Gasteiger partial charge in [-0.25, -0.2) is 26.3 Å². The van der Waals surface area contributed by atoms with Gasteiger partial charge in [-0.05, 0) is 80.1 Å². The fourth-order valence-corrected chi connectivity index (χ4v) is 5.98. The lowest BCUT2D eigenvalue weighted by molar-refractivity contribution is -0.143. The Morgan fingerprint density at radius 1 is 0.604 bits per heavy atom. The van der Waals surface area contributed by atoms with Gasteiger partial charge in [-0.15, -0.1) is 0 Å². The Balaban J connectivity index is 2.23. The molecule has 0 aliphatic heterocycles. The van der Waals surface area contributed by atoms with Crippen LogP contribution in [0.3, 0.4) is 0 Å². The van der Waals surface area contributed by atoms with Crippen LogP contribution in [0.1, 0.15) is 33.4 Å². The molecule has 0 saturated heterocycles. The van der Waals surface area contributed by atoms with Crippen LogP contribution in [0.2, 0.25) is 0 Å². The van der Waals surface area contributed by atoms with Gasteiger partial charge in [0.1, 0.15) is 30.9 Å². The SMILES string of the molecule is [C-]#[N+]C([N+]#[C-])=C1Cc2c(C(F)(F)F)c3c(c(C(F)(F)F)c2=C1c1cc(F)c(F)c(F)c1)CC(=C(C#N)C#N)C=3c1cc(F)c(F)c(F)c1. The van der Waals surface area contributed by atoms with Gasteiger partial charge in [0.25, 0.3) is 0 Å². The summed E-state index contributed by atoms with van der Waals surface area (Å²) in [6.07, 6.45) is -13.9. The van der Waals surface area contributed by atoms with Gasteiger partial charge < -0.3 is 0 Å². The van der Waals surface area contributed by atoms with Crippen molar-refractivity contribution in [1.29, 1.82) is 10.5 Å². The zero-order chi connectivity index (χ0) is 35.6. The minimum Gasteiger partial charge on any atom is -0.204 e. The van der Waals surface area contributed by atoms with Crippen molar-refractivity contribution in [3.63, 3.8) is 0 Å². The van der Waals surface area contributed by atoms with Crippen LogP contribution < -0.4 is 10.4 Å². The fraction of sp³-hybridized carbons (Fsp3) is 0.125. The zero-order valence-corrected chi connectivity index (χ0v) is 23.0. The first-order valence-corrected chi connectivity index (χ1v) is 12.8. The smallest absolute Gasteiger partial charge is 0.204 e. The third-order valence-electron chi connectivity index (χ3n) is 7.64. The summed E-state index contributed by atoms with van der Waals surface area (Å²) in [6, 6.07) is 3.24. The van der Waals surface area contributed by atoms with Crippen LogP contribution in [-0.2, 0) is 25.2 Å². The van der Waals surface area contributed by atoms with Crippen molar-refractivity contribution in [3.05, 3.63) is 148 Å². The number of fused-ring (bicyclic) bond motifs is 2. The molecule has 0 spiro atoms. The normalized spacial score (nSPS) is 13.8. The van der Waals surface area contributed by atoms with Crippen molar-refractivity contribution in [1.82, 2.24) is 0 Å². The van der Waals surface area contributed by atoms with Crippen LogP contribution in [0.25, 0.3) is 20.8 Å². The monoisotopic (exact) mass is 676 g/mol. The number of allylic oxidation sites excluding steroid dienone is 3. The molecule has 0 atom stereocenters. The van der Waals surface area contributed by atoms with E-state index < -0.39 is 138 Å². The van der Waals surface area contributed by atoms with E-state index in [0.717, 1.165) is 0 Å². The van der Waals surface area contributed by atoms with Crippen molar-refractivity contribution < 1.29 is 52.7 Å². The molecule has 0 bridgehead atoms. The summed E-state index contributed by atoms with van der Waals surface area (Å²) in [7, 11) is 0. The number of alkyl halides is 6. The molecular weight excluding hydrogens is 668 g/mol. The van der Waals surface area contributed by atoms with Crippen LogP contribution in [-0.4, -0.2) is 0 Å². The molecule has 3 aromatic carbocycles. The van der Waals surface area contributed by atoms with Gasteiger partial charge in [-0.3, -0.25) is 0 Å². The summed E-state index contributed by atoms with van der Waals surface area (Å²) < 4.78 is 176. The van der Waals surface area contributed by atoms with E-state index in [4.69, 9.17) is 13.1 Å². The predicted molar refractivity (Wildman–Crippen MR) is 139 cm³/mol. The van der Waals surface area contributed by atoms with Crippen molar-refractivity contribution in [2.75, 3.05) is 0 Å². The lowest BCUT2D eigenvalue weighted by atomic mass is 9.90. The highest BCUT2D eigenvalue weighted by molar-refractivity contribution is 5.90. The Morgan fingerprint density at radius 2 is 0.938 bits per heavy atom. The van der Waals surface area contributed by atoms with E-state index in [1.165, 1.54) is 12.1 Å². The molecule has 3 aromatic rings. The second kappa shape index (κ2) is 11.4. The number of rotatable bonds is 2. The Labute approximate surface area is 260 Å². The number of benzene rings is 3. The molecule has 4 nitrogen and oxygen atoms in total. The molecular formula is C32H8F12N4. The van der Waals surface area contributed by atoms with Crippen LogP contribution in [0.4, 0.5) is 52.7 Å². The summed E-state index contributed by atoms with van der Waals surface area (Å²) in [5.74, 6) is -13.2. The Morgan fingerprint density at radius 3 is 1.25 bits per heavy atom. The third kappa shape index (κ3) is 5.03. The molecule has 0 aromatic heterocycles. The lowest BCUT2D eigenvalue weighted by Crippen LogP contribution is -2.36. The summed E-state index contributed by atoms with van der Waals surface area (Å²) in [4.78, 5) is 5.69. The molecule has 2 aliphatic rings. The number of nitriles is 2. The third-order valence-corrected chi connectivity index (χ3v) is 7.64. The maximum absolute atomic E-state index is 15.2. The summed E-state index contributed by atoms with van der Waals surface area (Å²) in [6.45, 7) is 14.6. The van der Waals surface area contributed by atoms with Crippen LogP contribution in [0.15, 0.2) is 46.8 Å². The largest absolute Gasteiger partial charge is 0.523 e. The molecule has 48 heavy (non-hydrogen) atoms. The maximum Gasteiger partial charge on any atom is 0.523 e. The van der Waals surface area contributed by atoms with Gasteiger partial charge in [-0.2, -0.15) is 46.6 Å². The molecule has 0 radical (unpaired) electrons. The van der Waals surface area contributed by atoms with Gasteiger partial charge in [0.2, 0.25) is 0 Å². The molecule has 0 amide bonds. The predicted octanol–water partition coefficient (Wildman–Crippen LogP) is 7.46. The topological polar surface area (TPSA) is 56.3 Å². The molecule has 2 aliphatic carbocycles. The second-order valence-corrected chi connectivity index (χ2v) is 10.2. The summed E-state index contributed by atoms with van der Waals surface area (Å²) in [5.41, 5.74) is -13.3. The fourth-order valence-electron chi connectivity index (χ4n) is 5.98. The van der Waals surface area contributed by atoms with Crippen molar-refractivity contribution in [3.8, 4) is 12.1 Å². The zero-order valence-electron chi connectivity index (χ0n) is 23.0.